The fraction of sp³-hybridized carbons (Fsp3) is 0.409. The second kappa shape index (κ2) is 6.44. The smallest absolute Gasteiger partial charge is 0.436 e. The summed E-state index contributed by atoms with van der Waals surface area (Å²) in [7, 11) is -0.433. The Kier molecular flexibility index (Phi) is 4.41. The van der Waals surface area contributed by atoms with Crippen molar-refractivity contribution in [1.29, 1.82) is 0 Å². The normalized spacial score (nSPS) is 18.2. The minimum atomic E-state index is -0.433. The molecule has 5 nitrogen and oxygen atoms in total. The van der Waals surface area contributed by atoms with E-state index in [1.165, 1.54) is 0 Å². The molecule has 0 amide bonds. The molecule has 2 heterocycles. The van der Waals surface area contributed by atoms with E-state index >= 15 is 0 Å². The molecule has 0 atom stereocenters. The molecule has 0 aliphatic carbocycles. The van der Waals surface area contributed by atoms with Gasteiger partial charge >= 0.3 is 7.12 Å². The monoisotopic (exact) mass is 379 g/mol. The Morgan fingerprint density at radius 3 is 2.36 bits per heavy atom. The highest BCUT2D eigenvalue weighted by Gasteiger charge is 2.52. The third-order valence-electron chi connectivity index (χ3n) is 6.03. The van der Waals surface area contributed by atoms with Gasteiger partial charge in [-0.05, 0) is 81.9 Å². The molecule has 1 fully saturated rings. The Hall–Kier alpha value is -2.15. The zero-order chi connectivity index (χ0) is 20.3. The maximum Gasteiger partial charge on any atom is 0.495 e. The fourth-order valence-electron chi connectivity index (χ4n) is 3.59. The molecule has 0 unspecified atom stereocenters. The first-order valence-electron chi connectivity index (χ1n) is 9.59. The molecule has 1 aliphatic heterocycles. The molecule has 0 spiro atoms. The summed E-state index contributed by atoms with van der Waals surface area (Å²) >= 11 is 0. The summed E-state index contributed by atoms with van der Waals surface area (Å²) in [5.74, 6) is 0.559. The van der Waals surface area contributed by atoms with Gasteiger partial charge in [-0.15, -0.1) is 0 Å². The van der Waals surface area contributed by atoms with Crippen LogP contribution in [0, 0.1) is 13.8 Å². The van der Waals surface area contributed by atoms with Crippen LogP contribution >= 0.6 is 0 Å². The standard InChI is InChI=1S/C22H26BNO4/c1-13-10-15(12-25)11-18-19(13)26-20(24-18)16-8-7-9-17(14(16)2)23-27-21(3,4)22(5,6)28-23/h7-11,25H,12H2,1-6H3. The van der Waals surface area contributed by atoms with Gasteiger partial charge in [0.2, 0.25) is 5.89 Å². The minimum absolute atomic E-state index is 0.0184. The third-order valence-corrected chi connectivity index (χ3v) is 6.03. The average molecular weight is 379 g/mol. The molecule has 2 aromatic carbocycles. The van der Waals surface area contributed by atoms with Crippen molar-refractivity contribution in [2.75, 3.05) is 0 Å². The fourth-order valence-corrected chi connectivity index (χ4v) is 3.59. The van der Waals surface area contributed by atoms with Crippen molar-refractivity contribution in [3.8, 4) is 11.5 Å². The van der Waals surface area contributed by atoms with E-state index in [4.69, 9.17) is 13.7 Å². The lowest BCUT2D eigenvalue weighted by Crippen LogP contribution is -2.41. The zero-order valence-electron chi connectivity index (χ0n) is 17.3. The van der Waals surface area contributed by atoms with Gasteiger partial charge in [-0.3, -0.25) is 0 Å². The Labute approximate surface area is 165 Å². The number of fused-ring (bicyclic) bond motifs is 1. The van der Waals surface area contributed by atoms with E-state index in [-0.39, 0.29) is 6.61 Å². The lowest BCUT2D eigenvalue weighted by Gasteiger charge is -2.32. The molecule has 1 N–H and O–H groups in total. The SMILES string of the molecule is Cc1c(B2OC(C)(C)C(C)(C)O2)cccc1-c1nc2cc(CO)cc(C)c2o1. The summed E-state index contributed by atoms with van der Waals surface area (Å²) in [4.78, 5) is 4.68. The van der Waals surface area contributed by atoms with Gasteiger partial charge in [0, 0.05) is 5.56 Å². The molecule has 6 heteroatoms. The van der Waals surface area contributed by atoms with Crippen molar-refractivity contribution in [3.63, 3.8) is 0 Å². The summed E-state index contributed by atoms with van der Waals surface area (Å²) in [6.07, 6.45) is 0. The molecular weight excluding hydrogens is 353 g/mol. The van der Waals surface area contributed by atoms with Crippen LogP contribution in [0.4, 0.5) is 0 Å². The van der Waals surface area contributed by atoms with Crippen molar-refractivity contribution < 1.29 is 18.8 Å². The summed E-state index contributed by atoms with van der Waals surface area (Å²) in [6, 6.07) is 9.78. The van der Waals surface area contributed by atoms with Crippen molar-refractivity contribution in [3.05, 3.63) is 47.0 Å². The van der Waals surface area contributed by atoms with Gasteiger partial charge < -0.3 is 18.8 Å². The number of rotatable bonds is 3. The van der Waals surface area contributed by atoms with Crippen LogP contribution in [0.3, 0.4) is 0 Å². The Bertz CT molecular complexity index is 1040. The van der Waals surface area contributed by atoms with Gasteiger partial charge in [0.1, 0.15) is 5.52 Å². The molecule has 0 bridgehead atoms. The summed E-state index contributed by atoms with van der Waals surface area (Å²) in [5.41, 5.74) is 5.40. The van der Waals surface area contributed by atoms with Crippen molar-refractivity contribution in [2.24, 2.45) is 0 Å². The van der Waals surface area contributed by atoms with E-state index < -0.39 is 18.3 Å². The number of nitrogens with zero attached hydrogens (tertiary/aromatic N) is 1. The summed E-state index contributed by atoms with van der Waals surface area (Å²) in [6.45, 7) is 12.2. The second-order valence-electron chi connectivity index (χ2n) is 8.55. The topological polar surface area (TPSA) is 64.7 Å². The van der Waals surface area contributed by atoms with Crippen LogP contribution in [-0.4, -0.2) is 28.4 Å². The number of aliphatic hydroxyl groups is 1. The molecule has 4 rings (SSSR count). The molecule has 1 aliphatic rings. The van der Waals surface area contributed by atoms with Gasteiger partial charge in [-0.25, -0.2) is 4.98 Å². The first-order chi connectivity index (χ1) is 13.1. The number of oxazole rings is 1. The van der Waals surface area contributed by atoms with Crippen LogP contribution in [0.2, 0.25) is 0 Å². The van der Waals surface area contributed by atoms with Crippen LogP contribution in [0.25, 0.3) is 22.6 Å². The van der Waals surface area contributed by atoms with E-state index in [9.17, 15) is 5.11 Å². The van der Waals surface area contributed by atoms with E-state index in [1.54, 1.807) is 0 Å². The average Bonchev–Trinajstić information content (AvgIpc) is 3.13. The predicted molar refractivity (Wildman–Crippen MR) is 111 cm³/mol. The van der Waals surface area contributed by atoms with Crippen molar-refractivity contribution >= 4 is 23.7 Å². The molecule has 0 radical (unpaired) electrons. The maximum atomic E-state index is 9.45. The zero-order valence-corrected chi connectivity index (χ0v) is 17.3. The second-order valence-corrected chi connectivity index (χ2v) is 8.55. The highest BCUT2D eigenvalue weighted by molar-refractivity contribution is 6.62. The number of hydrogen-bond acceptors (Lipinski definition) is 5. The lowest BCUT2D eigenvalue weighted by molar-refractivity contribution is 0.00578. The van der Waals surface area contributed by atoms with Gasteiger partial charge in [0.25, 0.3) is 0 Å². The van der Waals surface area contributed by atoms with Gasteiger partial charge in [-0.2, -0.15) is 0 Å². The van der Waals surface area contributed by atoms with Crippen LogP contribution in [0.1, 0.15) is 44.4 Å². The van der Waals surface area contributed by atoms with E-state index in [2.05, 4.69) is 32.7 Å². The summed E-state index contributed by atoms with van der Waals surface area (Å²) in [5, 5.41) is 9.45. The van der Waals surface area contributed by atoms with Crippen LogP contribution in [0.15, 0.2) is 34.7 Å². The molecule has 28 heavy (non-hydrogen) atoms. The molecular formula is C22H26BNO4. The number of aromatic nitrogens is 1. The van der Waals surface area contributed by atoms with Crippen LogP contribution in [-0.2, 0) is 15.9 Å². The van der Waals surface area contributed by atoms with Gasteiger partial charge in [-0.1, -0.05) is 12.1 Å². The van der Waals surface area contributed by atoms with Crippen LogP contribution in [0.5, 0.6) is 0 Å². The quantitative estimate of drug-likeness (QED) is 0.700. The minimum Gasteiger partial charge on any atom is -0.436 e. The third kappa shape index (κ3) is 2.96. The predicted octanol–water partition coefficient (Wildman–Crippen LogP) is 3.90. The first-order valence-corrected chi connectivity index (χ1v) is 9.59. The number of benzene rings is 2. The van der Waals surface area contributed by atoms with E-state index in [0.717, 1.165) is 38.8 Å². The van der Waals surface area contributed by atoms with E-state index in [0.29, 0.717) is 5.89 Å². The highest BCUT2D eigenvalue weighted by Crippen LogP contribution is 2.37. The Morgan fingerprint density at radius 2 is 1.71 bits per heavy atom. The molecule has 3 aromatic rings. The molecule has 1 aromatic heterocycles. The Morgan fingerprint density at radius 1 is 1.04 bits per heavy atom. The van der Waals surface area contributed by atoms with Crippen molar-refractivity contribution in [2.45, 2.75) is 59.4 Å². The number of hydrogen-bond donors (Lipinski definition) is 1. The summed E-state index contributed by atoms with van der Waals surface area (Å²) < 4.78 is 18.5. The maximum absolute atomic E-state index is 9.45. The molecule has 0 saturated carbocycles. The molecule has 1 saturated heterocycles. The first kappa shape index (κ1) is 19.2. The van der Waals surface area contributed by atoms with Crippen molar-refractivity contribution in [1.82, 2.24) is 4.98 Å². The van der Waals surface area contributed by atoms with Gasteiger partial charge in [0.05, 0.1) is 17.8 Å². The van der Waals surface area contributed by atoms with Crippen LogP contribution < -0.4 is 5.46 Å². The lowest BCUT2D eigenvalue weighted by atomic mass is 9.75. The number of aryl methyl sites for hydroxylation is 1. The largest absolute Gasteiger partial charge is 0.495 e. The highest BCUT2D eigenvalue weighted by atomic mass is 16.7. The Balaban J connectivity index is 1.78. The molecule has 146 valence electrons. The van der Waals surface area contributed by atoms with Gasteiger partial charge in [0.15, 0.2) is 5.58 Å². The number of aliphatic hydroxyl groups excluding tert-OH is 1. The van der Waals surface area contributed by atoms with E-state index in [1.807, 2.05) is 44.2 Å².